The first-order chi connectivity index (χ1) is 15.8. The number of allylic oxidation sites excluding steroid dienone is 1. The summed E-state index contributed by atoms with van der Waals surface area (Å²) in [6, 6.07) is 3.35. The lowest BCUT2D eigenvalue weighted by atomic mass is 10.1. The van der Waals surface area contributed by atoms with Gasteiger partial charge in [0.15, 0.2) is 15.4 Å². The van der Waals surface area contributed by atoms with Crippen LogP contribution in [0.15, 0.2) is 41.4 Å². The van der Waals surface area contributed by atoms with Crippen LogP contribution in [0.25, 0.3) is 0 Å². The summed E-state index contributed by atoms with van der Waals surface area (Å²) in [4.78, 5) is 15.5. The van der Waals surface area contributed by atoms with Crippen molar-refractivity contribution in [2.24, 2.45) is 4.99 Å². The number of aliphatic carboxylic acids is 1. The molecule has 0 heterocycles. The monoisotopic (exact) mass is 497 g/mol. The molecule has 1 atom stereocenters. The Bertz CT molecular complexity index is 1020. The van der Waals surface area contributed by atoms with Gasteiger partial charge in [-0.3, -0.25) is 4.99 Å². The number of aliphatic imine (C=N–C) groups is 1. The quantitative estimate of drug-likeness (QED) is 0.307. The first kappa shape index (κ1) is 29.2. The lowest BCUT2D eigenvalue weighted by Crippen LogP contribution is -2.32. The minimum absolute atomic E-state index is 0.139. The molecule has 10 heteroatoms. The minimum Gasteiger partial charge on any atom is -0.496 e. The van der Waals surface area contributed by atoms with E-state index in [1.54, 1.807) is 31.2 Å². The second-order valence-corrected chi connectivity index (χ2v) is 10.3. The van der Waals surface area contributed by atoms with Crippen LogP contribution < -0.4 is 14.2 Å². The third kappa shape index (κ3) is 8.49. The fourth-order valence-corrected chi connectivity index (χ4v) is 4.47. The summed E-state index contributed by atoms with van der Waals surface area (Å²) < 4.78 is 46.8. The number of hydrogen-bond acceptors (Lipinski definition) is 8. The van der Waals surface area contributed by atoms with Gasteiger partial charge in [-0.25, -0.2) is 13.2 Å². The van der Waals surface area contributed by atoms with Crippen LogP contribution in [0.3, 0.4) is 0 Å². The van der Waals surface area contributed by atoms with Gasteiger partial charge in [0.05, 0.1) is 32.8 Å². The zero-order chi connectivity index (χ0) is 26.1. The van der Waals surface area contributed by atoms with Crippen molar-refractivity contribution in [3.8, 4) is 17.2 Å². The van der Waals surface area contributed by atoms with Crippen LogP contribution in [-0.2, 0) is 25.8 Å². The number of sulfone groups is 1. The lowest BCUT2D eigenvalue weighted by Gasteiger charge is -2.18. The van der Waals surface area contributed by atoms with Gasteiger partial charge in [-0.15, -0.1) is 0 Å². The van der Waals surface area contributed by atoms with Crippen molar-refractivity contribution < 1.29 is 37.3 Å². The molecule has 34 heavy (non-hydrogen) atoms. The molecule has 0 saturated heterocycles. The van der Waals surface area contributed by atoms with E-state index < -0.39 is 27.4 Å². The van der Waals surface area contributed by atoms with E-state index in [4.69, 9.17) is 18.9 Å². The Morgan fingerprint density at radius 3 is 2.15 bits per heavy atom. The summed E-state index contributed by atoms with van der Waals surface area (Å²) in [5.74, 6) is 0.0415. The summed E-state index contributed by atoms with van der Waals surface area (Å²) in [5.41, 5.74) is 0.128. The van der Waals surface area contributed by atoms with E-state index in [1.165, 1.54) is 42.3 Å². The molecule has 1 aromatic carbocycles. The Morgan fingerprint density at radius 1 is 1.15 bits per heavy atom. The summed E-state index contributed by atoms with van der Waals surface area (Å²) in [5, 5.41) is 9.25. The molecule has 0 aliphatic carbocycles. The van der Waals surface area contributed by atoms with Gasteiger partial charge in [0.25, 0.3) is 0 Å². The molecule has 9 nitrogen and oxygen atoms in total. The first-order valence-corrected chi connectivity index (χ1v) is 12.3. The molecule has 0 aliphatic rings. The molecule has 0 saturated carbocycles. The third-order valence-electron chi connectivity index (χ3n) is 5.04. The van der Waals surface area contributed by atoms with E-state index in [1.807, 2.05) is 0 Å². The lowest BCUT2D eigenvalue weighted by molar-refractivity contribution is -0.141. The molecule has 0 fully saturated rings. The highest BCUT2D eigenvalue weighted by Crippen LogP contribution is 2.34. The molecule has 1 unspecified atom stereocenters. The number of ether oxygens (including phenoxy) is 4. The topological polar surface area (TPSA) is 121 Å². The molecular formula is C24H35NO8S. The molecule has 0 aromatic heterocycles. The summed E-state index contributed by atoms with van der Waals surface area (Å²) in [6.07, 6.45) is 2.72. The molecule has 1 rings (SSSR count). The Balaban J connectivity index is 2.92. The largest absolute Gasteiger partial charge is 0.496 e. The van der Waals surface area contributed by atoms with Crippen LogP contribution in [0.2, 0.25) is 0 Å². The number of carboxylic acid groups (broad SMARTS) is 1. The Labute approximate surface area is 202 Å². The molecule has 1 aromatic rings. The van der Waals surface area contributed by atoms with Crippen molar-refractivity contribution in [3.63, 3.8) is 0 Å². The third-order valence-corrected chi connectivity index (χ3v) is 6.67. The summed E-state index contributed by atoms with van der Waals surface area (Å²) >= 11 is 0. The van der Waals surface area contributed by atoms with E-state index in [-0.39, 0.29) is 17.9 Å². The van der Waals surface area contributed by atoms with Crippen molar-refractivity contribution in [2.75, 3.05) is 39.9 Å². The van der Waals surface area contributed by atoms with Crippen LogP contribution in [-0.4, -0.2) is 76.8 Å². The molecule has 0 radical (unpaired) electrons. The van der Waals surface area contributed by atoms with Gasteiger partial charge >= 0.3 is 5.97 Å². The Kier molecular flexibility index (Phi) is 10.8. The maximum absolute atomic E-state index is 12.7. The van der Waals surface area contributed by atoms with Gasteiger partial charge < -0.3 is 24.1 Å². The number of carboxylic acids is 1. The van der Waals surface area contributed by atoms with Gasteiger partial charge in [0.2, 0.25) is 0 Å². The van der Waals surface area contributed by atoms with Crippen molar-refractivity contribution in [2.45, 2.75) is 38.8 Å². The van der Waals surface area contributed by atoms with E-state index in [9.17, 15) is 18.3 Å². The number of hydrogen-bond donors (Lipinski definition) is 1. The second kappa shape index (κ2) is 12.6. The maximum Gasteiger partial charge on any atom is 0.330 e. The number of carbonyl (C=O) groups is 1. The van der Waals surface area contributed by atoms with Crippen molar-refractivity contribution in [1.82, 2.24) is 0 Å². The average Bonchev–Trinajstić information content (AvgIpc) is 2.76. The summed E-state index contributed by atoms with van der Waals surface area (Å²) in [7, 11) is 2.46. The van der Waals surface area contributed by atoms with Crippen LogP contribution >= 0.6 is 0 Å². The number of nitrogens with zero attached hydrogens (tertiary/aromatic N) is 1. The smallest absolute Gasteiger partial charge is 0.330 e. The molecule has 0 aliphatic heterocycles. The maximum atomic E-state index is 12.7. The Morgan fingerprint density at radius 2 is 1.71 bits per heavy atom. The highest BCUT2D eigenvalue weighted by Gasteiger charge is 2.27. The molecule has 0 bridgehead atoms. The van der Waals surface area contributed by atoms with Gasteiger partial charge in [-0.2, -0.15) is 0 Å². The van der Waals surface area contributed by atoms with Crippen LogP contribution in [0.1, 0.15) is 26.3 Å². The van der Waals surface area contributed by atoms with E-state index in [2.05, 4.69) is 11.6 Å². The van der Waals surface area contributed by atoms with Crippen LogP contribution in [0.5, 0.6) is 17.2 Å². The highest BCUT2D eigenvalue weighted by molar-refractivity contribution is 7.91. The normalized spacial score (nSPS) is 13.6. The number of methoxy groups -OCH3 is 4. The zero-order valence-electron chi connectivity index (χ0n) is 20.9. The van der Waals surface area contributed by atoms with Gasteiger partial charge in [0.1, 0.15) is 23.4 Å². The number of rotatable bonds is 14. The number of benzene rings is 1. The molecule has 1 N–H and O–H groups in total. The van der Waals surface area contributed by atoms with Gasteiger partial charge in [0, 0.05) is 30.5 Å². The highest BCUT2D eigenvalue weighted by atomic mass is 32.2. The molecule has 0 amide bonds. The van der Waals surface area contributed by atoms with E-state index in [0.29, 0.717) is 34.1 Å². The predicted octanol–water partition coefficient (Wildman–Crippen LogP) is 3.12. The molecular weight excluding hydrogens is 462 g/mol. The predicted molar refractivity (Wildman–Crippen MR) is 132 cm³/mol. The van der Waals surface area contributed by atoms with Crippen molar-refractivity contribution >= 4 is 21.5 Å². The molecule has 190 valence electrons. The SMILES string of the molecule is C=C(/C=C\C(OC)C(C)=NC(C)(C)C(=O)O)CS(=O)(=O)CCc1c(OC)cc(OC)cc1OC. The van der Waals surface area contributed by atoms with Crippen molar-refractivity contribution in [3.05, 3.63) is 42.0 Å². The van der Waals surface area contributed by atoms with E-state index >= 15 is 0 Å². The fourth-order valence-electron chi connectivity index (χ4n) is 3.15. The first-order valence-electron chi connectivity index (χ1n) is 10.5. The average molecular weight is 498 g/mol. The van der Waals surface area contributed by atoms with Crippen LogP contribution in [0, 0.1) is 0 Å². The summed E-state index contributed by atoms with van der Waals surface area (Å²) in [6.45, 7) is 8.44. The minimum atomic E-state index is -3.50. The van der Waals surface area contributed by atoms with Gasteiger partial charge in [-0.05, 0) is 38.8 Å². The molecule has 0 spiro atoms. The zero-order valence-corrected chi connectivity index (χ0v) is 21.7. The fraction of sp³-hybridized carbons (Fsp3) is 0.500. The van der Waals surface area contributed by atoms with E-state index in [0.717, 1.165) is 0 Å². The van der Waals surface area contributed by atoms with Gasteiger partial charge in [-0.1, -0.05) is 12.7 Å². The Hall–Kier alpha value is -2.85. The van der Waals surface area contributed by atoms with Crippen molar-refractivity contribution in [1.29, 1.82) is 0 Å². The van der Waals surface area contributed by atoms with Crippen LogP contribution in [0.4, 0.5) is 0 Å². The second-order valence-electron chi connectivity index (χ2n) is 8.14. The standard InChI is InChI=1S/C24H35NO8S/c1-16(9-10-20(31-6)17(2)25-24(3,4)23(26)27)15-34(28,29)12-11-19-21(32-7)13-18(30-5)14-22(19)33-8/h9-10,13-14,20H,1,11-12,15H2,2-8H3,(H,26,27)/b10-9-,25-17?.